The molecule has 1 aromatic carbocycles. The van der Waals surface area contributed by atoms with Crippen LogP contribution in [-0.4, -0.2) is 15.7 Å². The zero-order valence-corrected chi connectivity index (χ0v) is 13.0. The second-order valence-corrected chi connectivity index (χ2v) is 5.72. The van der Waals surface area contributed by atoms with E-state index in [9.17, 15) is 4.79 Å². The van der Waals surface area contributed by atoms with Crippen LogP contribution in [0.1, 0.15) is 32.0 Å². The van der Waals surface area contributed by atoms with Gasteiger partial charge in [-0.2, -0.15) is 5.10 Å². The normalized spacial score (nSPS) is 11.4. The van der Waals surface area contributed by atoms with Crippen LogP contribution in [0.4, 0.5) is 11.4 Å². The van der Waals surface area contributed by atoms with E-state index < -0.39 is 5.41 Å². The first-order chi connectivity index (χ1) is 9.84. The van der Waals surface area contributed by atoms with Crippen molar-refractivity contribution in [3.8, 4) is 0 Å². The molecule has 0 radical (unpaired) electrons. The summed E-state index contributed by atoms with van der Waals surface area (Å²) in [6, 6.07) is 7.40. The van der Waals surface area contributed by atoms with E-state index in [2.05, 4.69) is 10.4 Å². The molecule has 112 valence electrons. The molecule has 2 rings (SSSR count). The van der Waals surface area contributed by atoms with Crippen molar-refractivity contribution in [1.29, 1.82) is 0 Å². The van der Waals surface area contributed by atoms with Gasteiger partial charge in [-0.05, 0) is 38.0 Å². The zero-order valence-electron chi connectivity index (χ0n) is 13.0. The van der Waals surface area contributed by atoms with Crippen molar-refractivity contribution < 1.29 is 4.79 Å². The van der Waals surface area contributed by atoms with Crippen LogP contribution in [-0.2, 0) is 23.7 Å². The van der Waals surface area contributed by atoms with Gasteiger partial charge in [0, 0.05) is 18.9 Å². The Bertz CT molecular complexity index is 641. The molecule has 0 fully saturated rings. The van der Waals surface area contributed by atoms with Gasteiger partial charge in [0.2, 0.25) is 5.91 Å². The van der Waals surface area contributed by atoms with Crippen LogP contribution in [0.2, 0.25) is 0 Å². The summed E-state index contributed by atoms with van der Waals surface area (Å²) in [5.74, 6) is -0.0602. The van der Waals surface area contributed by atoms with Gasteiger partial charge in [0.25, 0.3) is 0 Å². The van der Waals surface area contributed by atoms with Crippen LogP contribution in [0.25, 0.3) is 0 Å². The van der Waals surface area contributed by atoms with Crippen molar-refractivity contribution >= 4 is 17.3 Å². The number of carbonyl (C=O) groups excluding carboxylic acids is 1. The first-order valence-electron chi connectivity index (χ1n) is 7.04. The molecule has 0 bridgehead atoms. The fourth-order valence-corrected chi connectivity index (χ4v) is 2.21. The Morgan fingerprint density at radius 3 is 2.52 bits per heavy atom. The van der Waals surface area contributed by atoms with E-state index in [-0.39, 0.29) is 5.91 Å². The highest BCUT2D eigenvalue weighted by Crippen LogP contribution is 2.26. The monoisotopic (exact) mass is 286 g/mol. The lowest BCUT2D eigenvalue weighted by atomic mass is 9.83. The van der Waals surface area contributed by atoms with Gasteiger partial charge >= 0.3 is 0 Å². The summed E-state index contributed by atoms with van der Waals surface area (Å²) in [6.07, 6.45) is 2.61. The van der Waals surface area contributed by atoms with Gasteiger partial charge in [-0.1, -0.05) is 19.1 Å². The van der Waals surface area contributed by atoms with Crippen LogP contribution in [0.5, 0.6) is 0 Å². The smallest absolute Gasteiger partial charge is 0.234 e. The Kier molecular flexibility index (Phi) is 4.02. The first-order valence-corrected chi connectivity index (χ1v) is 7.04. The van der Waals surface area contributed by atoms with E-state index in [1.54, 1.807) is 4.68 Å². The third-order valence-corrected chi connectivity index (χ3v) is 3.69. The fourth-order valence-electron chi connectivity index (χ4n) is 2.21. The Morgan fingerprint density at radius 2 is 1.95 bits per heavy atom. The number of nitrogens with one attached hydrogen (secondary N) is 1. The molecule has 0 atom stereocenters. The number of hydrogen-bond donors (Lipinski definition) is 2. The number of aryl methyl sites for hydroxylation is 2. The number of rotatable bonds is 4. The lowest BCUT2D eigenvalue weighted by molar-refractivity contribution is -0.120. The number of nitrogen functional groups attached to an aromatic ring is 1. The summed E-state index contributed by atoms with van der Waals surface area (Å²) >= 11 is 0. The Labute approximate surface area is 125 Å². The summed E-state index contributed by atoms with van der Waals surface area (Å²) in [4.78, 5) is 12.6. The predicted molar refractivity (Wildman–Crippen MR) is 85.1 cm³/mol. The third kappa shape index (κ3) is 3.07. The number of nitrogens with two attached hydrogens (primary N) is 1. The lowest BCUT2D eigenvalue weighted by Crippen LogP contribution is -2.34. The average molecular weight is 286 g/mol. The average Bonchev–Trinajstić information content (AvgIpc) is 2.79. The largest absolute Gasteiger partial charge is 0.399 e. The lowest BCUT2D eigenvalue weighted by Gasteiger charge is -2.24. The van der Waals surface area contributed by atoms with E-state index in [1.807, 2.05) is 58.3 Å². The topological polar surface area (TPSA) is 72.9 Å². The minimum Gasteiger partial charge on any atom is -0.399 e. The van der Waals surface area contributed by atoms with E-state index in [4.69, 9.17) is 5.73 Å². The first kappa shape index (κ1) is 15.1. The van der Waals surface area contributed by atoms with E-state index in [1.165, 1.54) is 0 Å². The molecule has 0 saturated carbocycles. The minimum atomic E-state index is -0.644. The van der Waals surface area contributed by atoms with E-state index in [0.29, 0.717) is 5.69 Å². The molecule has 5 heteroatoms. The maximum atomic E-state index is 12.6. The van der Waals surface area contributed by atoms with Crippen LogP contribution < -0.4 is 11.1 Å². The van der Waals surface area contributed by atoms with Crippen molar-refractivity contribution in [1.82, 2.24) is 9.78 Å². The predicted octanol–water partition coefficient (Wildman–Crippen LogP) is 2.48. The summed E-state index contributed by atoms with van der Waals surface area (Å²) in [6.45, 7) is 5.81. The van der Waals surface area contributed by atoms with Crippen LogP contribution in [0, 0.1) is 0 Å². The van der Waals surface area contributed by atoms with E-state index in [0.717, 1.165) is 23.4 Å². The highest BCUT2D eigenvalue weighted by molar-refractivity contribution is 5.98. The fraction of sp³-hybridized carbons (Fsp3) is 0.375. The van der Waals surface area contributed by atoms with Crippen molar-refractivity contribution in [3.63, 3.8) is 0 Å². The summed E-state index contributed by atoms with van der Waals surface area (Å²) < 4.78 is 1.71. The summed E-state index contributed by atoms with van der Waals surface area (Å²) in [7, 11) is 1.85. The summed E-state index contributed by atoms with van der Waals surface area (Å²) in [5, 5.41) is 7.32. The number of nitrogens with zero attached hydrogens (tertiary/aromatic N) is 2. The third-order valence-electron chi connectivity index (χ3n) is 3.69. The number of hydrogen-bond acceptors (Lipinski definition) is 3. The van der Waals surface area contributed by atoms with Gasteiger partial charge in [-0.3, -0.25) is 9.48 Å². The van der Waals surface area contributed by atoms with Gasteiger partial charge in [0.05, 0.1) is 16.8 Å². The van der Waals surface area contributed by atoms with Crippen molar-refractivity contribution in [2.75, 3.05) is 11.1 Å². The Balaban J connectivity index is 2.23. The molecular weight excluding hydrogens is 264 g/mol. The van der Waals surface area contributed by atoms with Crippen LogP contribution in [0.15, 0.2) is 30.5 Å². The molecule has 0 aliphatic rings. The number of benzene rings is 1. The molecule has 21 heavy (non-hydrogen) atoms. The minimum absolute atomic E-state index is 0.0602. The van der Waals surface area contributed by atoms with Gasteiger partial charge < -0.3 is 11.1 Å². The quantitative estimate of drug-likeness (QED) is 0.848. The molecule has 2 aromatic rings. The van der Waals surface area contributed by atoms with Crippen molar-refractivity contribution in [2.45, 2.75) is 32.6 Å². The Hall–Kier alpha value is -2.30. The second-order valence-electron chi connectivity index (χ2n) is 5.72. The zero-order chi connectivity index (χ0) is 15.6. The number of carbonyl (C=O) groups is 1. The van der Waals surface area contributed by atoms with Crippen LogP contribution >= 0.6 is 0 Å². The van der Waals surface area contributed by atoms with Crippen molar-refractivity contribution in [2.24, 2.45) is 7.05 Å². The molecule has 1 aromatic heterocycles. The second kappa shape index (κ2) is 5.60. The van der Waals surface area contributed by atoms with Gasteiger partial charge in [0.15, 0.2) is 0 Å². The number of amides is 1. The van der Waals surface area contributed by atoms with Crippen molar-refractivity contribution in [3.05, 3.63) is 41.7 Å². The Morgan fingerprint density at radius 1 is 1.33 bits per heavy atom. The number of anilines is 2. The van der Waals surface area contributed by atoms with Gasteiger partial charge in [-0.25, -0.2) is 0 Å². The van der Waals surface area contributed by atoms with E-state index >= 15 is 0 Å². The standard InChI is InChI=1S/C16H22N4O/c1-5-13-14(10-20(4)19-13)18-15(21)16(2,3)11-6-8-12(17)9-7-11/h6-10H,5,17H2,1-4H3,(H,18,21). The molecule has 0 aliphatic heterocycles. The molecule has 3 N–H and O–H groups in total. The SMILES string of the molecule is CCc1nn(C)cc1NC(=O)C(C)(C)c1ccc(N)cc1. The van der Waals surface area contributed by atoms with Crippen LogP contribution in [0.3, 0.4) is 0 Å². The maximum absolute atomic E-state index is 12.6. The molecule has 0 saturated heterocycles. The molecular formula is C16H22N4O. The molecule has 0 aliphatic carbocycles. The van der Waals surface area contributed by atoms with Gasteiger partial charge in [0.1, 0.15) is 0 Å². The van der Waals surface area contributed by atoms with Gasteiger partial charge in [-0.15, -0.1) is 0 Å². The molecule has 1 amide bonds. The number of aromatic nitrogens is 2. The summed E-state index contributed by atoms with van der Waals surface area (Å²) in [5.41, 5.74) is 8.33. The molecule has 1 heterocycles. The maximum Gasteiger partial charge on any atom is 0.234 e. The highest BCUT2D eigenvalue weighted by Gasteiger charge is 2.30. The highest BCUT2D eigenvalue weighted by atomic mass is 16.2. The molecule has 5 nitrogen and oxygen atoms in total. The molecule has 0 unspecified atom stereocenters. The molecule has 0 spiro atoms.